The smallest absolute Gasteiger partial charge is 0.234 e. The molecule has 0 spiro atoms. The van der Waals surface area contributed by atoms with Crippen molar-refractivity contribution in [2.24, 2.45) is 0 Å². The van der Waals surface area contributed by atoms with E-state index in [4.69, 9.17) is 16.3 Å². The Kier molecular flexibility index (Phi) is 7.12. The highest BCUT2D eigenvalue weighted by Crippen LogP contribution is 2.31. The Labute approximate surface area is 183 Å². The van der Waals surface area contributed by atoms with Crippen LogP contribution in [0.2, 0.25) is 5.02 Å². The van der Waals surface area contributed by atoms with Crippen LogP contribution in [-0.2, 0) is 11.3 Å². The van der Waals surface area contributed by atoms with Gasteiger partial charge >= 0.3 is 0 Å². The van der Waals surface area contributed by atoms with Crippen LogP contribution in [0.3, 0.4) is 0 Å². The molecule has 1 amide bonds. The molecule has 0 unspecified atom stereocenters. The Balaban J connectivity index is 1.76. The van der Waals surface area contributed by atoms with Crippen LogP contribution < -0.4 is 10.1 Å². The highest BCUT2D eigenvalue weighted by molar-refractivity contribution is 7.99. The summed E-state index contributed by atoms with van der Waals surface area (Å²) in [4.78, 5) is 12.5. The van der Waals surface area contributed by atoms with E-state index in [1.54, 1.807) is 41.0 Å². The van der Waals surface area contributed by atoms with Gasteiger partial charge in [0.25, 0.3) is 0 Å². The fourth-order valence-corrected chi connectivity index (χ4v) is 3.68. The highest BCUT2D eigenvalue weighted by Gasteiger charge is 2.18. The van der Waals surface area contributed by atoms with E-state index in [1.165, 1.54) is 24.9 Å². The first-order valence-corrected chi connectivity index (χ1v) is 10.4. The average molecular weight is 447 g/mol. The number of halogens is 2. The molecule has 0 aliphatic heterocycles. The second-order valence-corrected chi connectivity index (χ2v) is 7.67. The van der Waals surface area contributed by atoms with E-state index in [2.05, 4.69) is 22.1 Å². The van der Waals surface area contributed by atoms with E-state index in [9.17, 15) is 9.18 Å². The zero-order valence-corrected chi connectivity index (χ0v) is 18.1. The van der Waals surface area contributed by atoms with Gasteiger partial charge in [0.05, 0.1) is 24.1 Å². The third-order valence-electron chi connectivity index (χ3n) is 4.23. The second kappa shape index (κ2) is 9.77. The zero-order valence-electron chi connectivity index (χ0n) is 16.5. The molecule has 30 heavy (non-hydrogen) atoms. The minimum Gasteiger partial charge on any atom is -0.495 e. The third kappa shape index (κ3) is 4.83. The lowest BCUT2D eigenvalue weighted by molar-refractivity contribution is -0.113. The average Bonchev–Trinajstić information content (AvgIpc) is 3.12. The van der Waals surface area contributed by atoms with Crippen molar-refractivity contribution in [2.75, 3.05) is 18.2 Å². The maximum Gasteiger partial charge on any atom is 0.234 e. The summed E-state index contributed by atoms with van der Waals surface area (Å²) in [5, 5.41) is 12.1. The van der Waals surface area contributed by atoms with E-state index in [-0.39, 0.29) is 11.7 Å². The van der Waals surface area contributed by atoms with Crippen LogP contribution in [0.25, 0.3) is 11.4 Å². The Morgan fingerprint density at radius 2 is 2.13 bits per heavy atom. The second-order valence-electron chi connectivity index (χ2n) is 6.32. The lowest BCUT2D eigenvalue weighted by Crippen LogP contribution is -2.15. The van der Waals surface area contributed by atoms with Crippen LogP contribution in [0.15, 0.2) is 54.2 Å². The molecule has 0 fully saturated rings. The van der Waals surface area contributed by atoms with Crippen LogP contribution in [0.5, 0.6) is 5.75 Å². The number of nitrogens with one attached hydrogen (secondary N) is 1. The number of benzene rings is 2. The number of aryl methyl sites for hydroxylation is 1. The van der Waals surface area contributed by atoms with Gasteiger partial charge in [-0.1, -0.05) is 41.6 Å². The Bertz CT molecular complexity index is 1090. The quantitative estimate of drug-likeness (QED) is 0.390. The van der Waals surface area contributed by atoms with Crippen LogP contribution in [0.4, 0.5) is 10.1 Å². The summed E-state index contributed by atoms with van der Waals surface area (Å²) < 4.78 is 21.2. The molecule has 0 aliphatic carbocycles. The Morgan fingerprint density at radius 3 is 2.83 bits per heavy atom. The summed E-state index contributed by atoms with van der Waals surface area (Å²) in [6, 6.07) is 9.74. The minimum atomic E-state index is -0.394. The van der Waals surface area contributed by atoms with E-state index >= 15 is 0 Å². The molecule has 1 N–H and O–H groups in total. The highest BCUT2D eigenvalue weighted by atomic mass is 35.5. The van der Waals surface area contributed by atoms with E-state index in [0.717, 1.165) is 5.56 Å². The largest absolute Gasteiger partial charge is 0.495 e. The molecular formula is C21H20ClFN4O2S. The molecule has 156 valence electrons. The fraction of sp³-hybridized carbons (Fsp3) is 0.190. The number of thioether (sulfide) groups is 1. The summed E-state index contributed by atoms with van der Waals surface area (Å²) in [5.74, 6) is 0.291. The Morgan fingerprint density at radius 1 is 1.37 bits per heavy atom. The Hall–Kier alpha value is -2.84. The van der Waals surface area contributed by atoms with Crippen molar-refractivity contribution in [2.45, 2.75) is 18.6 Å². The molecule has 0 saturated heterocycles. The topological polar surface area (TPSA) is 69.0 Å². The van der Waals surface area contributed by atoms with Gasteiger partial charge in [0.2, 0.25) is 5.91 Å². The maximum atomic E-state index is 14.2. The SMILES string of the molecule is C=CCn1c(SCC(=O)Nc2cc(C)c(Cl)cc2OC)nnc1-c1ccccc1F. The number of carbonyl (C=O) groups excluding carboxylic acids is 1. The van der Waals surface area contributed by atoms with E-state index < -0.39 is 5.82 Å². The number of anilines is 1. The molecule has 3 rings (SSSR count). The monoisotopic (exact) mass is 446 g/mol. The van der Waals surface area contributed by atoms with Gasteiger partial charge in [-0.15, -0.1) is 16.8 Å². The number of hydrogen-bond donors (Lipinski definition) is 1. The van der Waals surface area contributed by atoms with Gasteiger partial charge < -0.3 is 10.1 Å². The number of amides is 1. The molecular weight excluding hydrogens is 427 g/mol. The van der Waals surface area contributed by atoms with Crippen molar-refractivity contribution in [3.8, 4) is 17.1 Å². The number of carbonyl (C=O) groups is 1. The molecule has 0 saturated carbocycles. The molecule has 9 heteroatoms. The van der Waals surface area contributed by atoms with Crippen LogP contribution in [0.1, 0.15) is 5.56 Å². The molecule has 0 aliphatic rings. The van der Waals surface area contributed by atoms with Crippen molar-refractivity contribution in [1.82, 2.24) is 14.8 Å². The standard InChI is InChI=1S/C21H20ClFN4O2S/c1-4-9-27-20(14-7-5-6-8-16(14)23)25-26-21(27)30-12-19(28)24-17-10-13(2)15(22)11-18(17)29-3/h4-8,10-11H,1,9,12H2,2-3H3,(H,24,28). The molecule has 0 bridgehead atoms. The molecule has 0 radical (unpaired) electrons. The van der Waals surface area contributed by atoms with Crippen LogP contribution in [0, 0.1) is 12.7 Å². The first kappa shape index (κ1) is 21.9. The van der Waals surface area contributed by atoms with Crippen LogP contribution >= 0.6 is 23.4 Å². The number of nitrogens with zero attached hydrogens (tertiary/aromatic N) is 3. The van der Waals surface area contributed by atoms with Gasteiger partial charge in [0.15, 0.2) is 11.0 Å². The van der Waals surface area contributed by atoms with Crippen molar-refractivity contribution < 1.29 is 13.9 Å². The lowest BCUT2D eigenvalue weighted by atomic mass is 10.2. The van der Waals surface area contributed by atoms with E-state index in [0.29, 0.717) is 39.5 Å². The third-order valence-corrected chi connectivity index (χ3v) is 5.60. The molecule has 1 aromatic heterocycles. The summed E-state index contributed by atoms with van der Waals surface area (Å²) in [5.41, 5.74) is 1.69. The normalized spacial score (nSPS) is 10.7. The van der Waals surface area contributed by atoms with Crippen molar-refractivity contribution in [3.05, 3.63) is 65.5 Å². The zero-order chi connectivity index (χ0) is 21.7. The number of rotatable bonds is 8. The first-order chi connectivity index (χ1) is 14.4. The first-order valence-electron chi connectivity index (χ1n) is 9.00. The van der Waals surface area contributed by atoms with Gasteiger partial charge in [0, 0.05) is 17.6 Å². The summed E-state index contributed by atoms with van der Waals surface area (Å²) in [6.45, 7) is 5.96. The predicted octanol–water partition coefficient (Wildman–Crippen LogP) is 4.97. The van der Waals surface area contributed by atoms with Gasteiger partial charge in [-0.25, -0.2) is 4.39 Å². The summed E-state index contributed by atoms with van der Waals surface area (Å²) in [7, 11) is 1.51. The van der Waals surface area contributed by atoms with Crippen molar-refractivity contribution >= 4 is 35.0 Å². The number of hydrogen-bond acceptors (Lipinski definition) is 5. The van der Waals surface area contributed by atoms with Gasteiger partial charge in [-0.3, -0.25) is 9.36 Å². The summed E-state index contributed by atoms with van der Waals surface area (Å²) in [6.07, 6.45) is 1.67. The summed E-state index contributed by atoms with van der Waals surface area (Å²) >= 11 is 7.30. The molecule has 2 aromatic carbocycles. The number of allylic oxidation sites excluding steroid dienone is 1. The molecule has 1 heterocycles. The molecule has 3 aromatic rings. The molecule has 6 nitrogen and oxygen atoms in total. The van der Waals surface area contributed by atoms with Crippen molar-refractivity contribution in [3.63, 3.8) is 0 Å². The van der Waals surface area contributed by atoms with Crippen LogP contribution in [-0.4, -0.2) is 33.5 Å². The van der Waals surface area contributed by atoms with Gasteiger partial charge in [-0.05, 0) is 30.7 Å². The minimum absolute atomic E-state index is 0.0807. The number of methoxy groups -OCH3 is 1. The predicted molar refractivity (Wildman–Crippen MR) is 118 cm³/mol. The maximum absolute atomic E-state index is 14.2. The molecule has 0 atom stereocenters. The number of aromatic nitrogens is 3. The number of ether oxygens (including phenoxy) is 1. The fourth-order valence-electron chi connectivity index (χ4n) is 2.78. The lowest BCUT2D eigenvalue weighted by Gasteiger charge is -2.12. The van der Waals surface area contributed by atoms with Crippen molar-refractivity contribution in [1.29, 1.82) is 0 Å². The van der Waals surface area contributed by atoms with Gasteiger partial charge in [0.1, 0.15) is 11.6 Å². The van der Waals surface area contributed by atoms with Gasteiger partial charge in [-0.2, -0.15) is 0 Å². The van der Waals surface area contributed by atoms with E-state index in [1.807, 2.05) is 6.92 Å².